The van der Waals surface area contributed by atoms with Gasteiger partial charge in [-0.25, -0.2) is 0 Å². The minimum Gasteiger partial charge on any atom is -0.314 e. The van der Waals surface area contributed by atoms with E-state index >= 15 is 0 Å². The third-order valence-corrected chi connectivity index (χ3v) is 3.59. The quantitative estimate of drug-likeness (QED) is 0.789. The molecule has 0 radical (unpaired) electrons. The molecule has 2 heterocycles. The molecule has 17 heavy (non-hydrogen) atoms. The molecule has 2 saturated heterocycles. The van der Waals surface area contributed by atoms with E-state index < -0.39 is 0 Å². The fourth-order valence-corrected chi connectivity index (χ4v) is 2.62. The zero-order chi connectivity index (χ0) is 12.5. The number of likely N-dealkylation sites (tertiary alicyclic amines) is 1. The van der Waals surface area contributed by atoms with E-state index in [2.05, 4.69) is 22.0 Å². The zero-order valence-electron chi connectivity index (χ0n) is 12.0. The molecule has 0 aliphatic carbocycles. The summed E-state index contributed by atoms with van der Waals surface area (Å²) in [5.41, 5.74) is 0. The number of nitrogens with zero attached hydrogens (tertiary/aromatic N) is 2. The lowest BCUT2D eigenvalue weighted by Crippen LogP contribution is -2.54. The molecule has 0 unspecified atom stereocenters. The number of piperazine rings is 1. The molecule has 2 fully saturated rings. The van der Waals surface area contributed by atoms with Gasteiger partial charge in [0.25, 0.3) is 0 Å². The topological polar surface area (TPSA) is 18.5 Å². The summed E-state index contributed by atoms with van der Waals surface area (Å²) in [7, 11) is 0. The van der Waals surface area contributed by atoms with Crippen LogP contribution in [0.15, 0.2) is 0 Å². The van der Waals surface area contributed by atoms with Gasteiger partial charge in [0.2, 0.25) is 0 Å². The van der Waals surface area contributed by atoms with Gasteiger partial charge in [-0.1, -0.05) is 27.2 Å². The molecule has 2 aliphatic heterocycles. The fraction of sp³-hybridized carbons (Fsp3) is 1.00. The lowest BCUT2D eigenvalue weighted by molar-refractivity contribution is 0.0625. The van der Waals surface area contributed by atoms with Crippen molar-refractivity contribution in [2.45, 2.75) is 33.6 Å². The molecule has 102 valence electrons. The molecule has 3 heteroatoms. The van der Waals surface area contributed by atoms with Crippen LogP contribution in [0.4, 0.5) is 0 Å². The molecule has 0 saturated carbocycles. The minimum absolute atomic E-state index is 0.958. The lowest BCUT2D eigenvalue weighted by Gasteiger charge is -2.42. The van der Waals surface area contributed by atoms with Crippen molar-refractivity contribution < 1.29 is 0 Å². The Bertz CT molecular complexity index is 172. The summed E-state index contributed by atoms with van der Waals surface area (Å²) < 4.78 is 0. The van der Waals surface area contributed by atoms with Crippen molar-refractivity contribution in [3.63, 3.8) is 0 Å². The molecule has 0 aromatic heterocycles. The Morgan fingerprint density at radius 1 is 1.06 bits per heavy atom. The smallest absolute Gasteiger partial charge is 0.0108 e. The molecule has 0 spiro atoms. The van der Waals surface area contributed by atoms with E-state index in [1.807, 2.05) is 13.8 Å². The highest BCUT2D eigenvalue weighted by Gasteiger charge is 2.27. The van der Waals surface area contributed by atoms with E-state index in [4.69, 9.17) is 0 Å². The highest BCUT2D eigenvalue weighted by atomic mass is 15.2. The predicted molar refractivity (Wildman–Crippen MR) is 75.5 cm³/mol. The molecular weight excluding hydrogens is 210 g/mol. The number of unbranched alkanes of at least 4 members (excludes halogenated alkanes) is 1. The Labute approximate surface area is 108 Å². The molecule has 2 rings (SSSR count). The van der Waals surface area contributed by atoms with Crippen LogP contribution >= 0.6 is 0 Å². The van der Waals surface area contributed by atoms with Crippen LogP contribution in [-0.4, -0.2) is 62.2 Å². The van der Waals surface area contributed by atoms with Gasteiger partial charge < -0.3 is 15.1 Å². The Hall–Kier alpha value is -0.120. The van der Waals surface area contributed by atoms with Gasteiger partial charge in [-0.3, -0.25) is 0 Å². The summed E-state index contributed by atoms with van der Waals surface area (Å²) in [6, 6.07) is 0. The maximum Gasteiger partial charge on any atom is 0.0108 e. The molecular formula is C14H31N3. The number of hydrogen-bond donors (Lipinski definition) is 1. The van der Waals surface area contributed by atoms with Gasteiger partial charge in [-0.05, 0) is 18.9 Å². The Balaban J connectivity index is 0.000000686. The van der Waals surface area contributed by atoms with Gasteiger partial charge in [-0.2, -0.15) is 0 Å². The van der Waals surface area contributed by atoms with Gasteiger partial charge >= 0.3 is 0 Å². The van der Waals surface area contributed by atoms with Gasteiger partial charge in [0, 0.05) is 45.8 Å². The van der Waals surface area contributed by atoms with E-state index in [1.165, 1.54) is 65.2 Å². The van der Waals surface area contributed by atoms with Crippen LogP contribution < -0.4 is 5.32 Å². The molecule has 3 nitrogen and oxygen atoms in total. The lowest BCUT2D eigenvalue weighted by atomic mass is 9.99. The van der Waals surface area contributed by atoms with Crippen LogP contribution in [0.3, 0.4) is 0 Å². The van der Waals surface area contributed by atoms with Crippen molar-refractivity contribution in [1.82, 2.24) is 15.1 Å². The standard InChI is InChI=1S/C12H25N3.C2H6/c1-2-3-6-15-10-12(11-15)9-14-7-4-13-5-8-14;1-2/h12-13H,2-11H2,1H3;1-2H3. The van der Waals surface area contributed by atoms with E-state index in [0.29, 0.717) is 0 Å². The van der Waals surface area contributed by atoms with Crippen molar-refractivity contribution in [1.29, 1.82) is 0 Å². The Morgan fingerprint density at radius 3 is 2.29 bits per heavy atom. The van der Waals surface area contributed by atoms with Crippen molar-refractivity contribution in [2.75, 3.05) is 52.4 Å². The second-order valence-corrected chi connectivity index (χ2v) is 5.03. The summed E-state index contributed by atoms with van der Waals surface area (Å²) in [4.78, 5) is 5.23. The van der Waals surface area contributed by atoms with Crippen LogP contribution in [0.1, 0.15) is 33.6 Å². The van der Waals surface area contributed by atoms with Crippen LogP contribution in [0, 0.1) is 5.92 Å². The first-order valence-corrected chi connectivity index (χ1v) is 7.54. The third-order valence-electron chi connectivity index (χ3n) is 3.59. The zero-order valence-corrected chi connectivity index (χ0v) is 12.0. The molecule has 0 bridgehead atoms. The van der Waals surface area contributed by atoms with Crippen molar-refractivity contribution >= 4 is 0 Å². The largest absolute Gasteiger partial charge is 0.314 e. The average molecular weight is 241 g/mol. The van der Waals surface area contributed by atoms with Gasteiger partial charge in [-0.15, -0.1) is 0 Å². The maximum absolute atomic E-state index is 3.41. The molecule has 0 aromatic carbocycles. The van der Waals surface area contributed by atoms with Gasteiger partial charge in [0.15, 0.2) is 0 Å². The number of hydrogen-bond acceptors (Lipinski definition) is 3. The number of rotatable bonds is 5. The summed E-state index contributed by atoms with van der Waals surface area (Å²) in [5, 5.41) is 3.41. The van der Waals surface area contributed by atoms with Crippen LogP contribution in [0.25, 0.3) is 0 Å². The highest BCUT2D eigenvalue weighted by Crippen LogP contribution is 2.17. The Morgan fingerprint density at radius 2 is 1.71 bits per heavy atom. The average Bonchev–Trinajstić information content (AvgIpc) is 2.36. The van der Waals surface area contributed by atoms with Crippen LogP contribution in [0.5, 0.6) is 0 Å². The first kappa shape index (κ1) is 14.9. The van der Waals surface area contributed by atoms with Gasteiger partial charge in [0.05, 0.1) is 0 Å². The second-order valence-electron chi connectivity index (χ2n) is 5.03. The second kappa shape index (κ2) is 8.90. The summed E-state index contributed by atoms with van der Waals surface area (Å²) in [6.45, 7) is 16.5. The molecule has 0 atom stereocenters. The van der Waals surface area contributed by atoms with E-state index in [1.54, 1.807) is 0 Å². The van der Waals surface area contributed by atoms with Crippen molar-refractivity contribution in [3.05, 3.63) is 0 Å². The molecule has 1 N–H and O–H groups in total. The third kappa shape index (κ3) is 5.36. The summed E-state index contributed by atoms with van der Waals surface area (Å²) in [5.74, 6) is 0.958. The van der Waals surface area contributed by atoms with Crippen molar-refractivity contribution in [3.8, 4) is 0 Å². The monoisotopic (exact) mass is 241 g/mol. The maximum atomic E-state index is 3.41. The van der Waals surface area contributed by atoms with Crippen LogP contribution in [0.2, 0.25) is 0 Å². The molecule has 0 aromatic rings. The van der Waals surface area contributed by atoms with E-state index in [9.17, 15) is 0 Å². The first-order valence-electron chi connectivity index (χ1n) is 7.54. The SMILES string of the molecule is CC.CCCCN1CC(CN2CCNCC2)C1. The van der Waals surface area contributed by atoms with E-state index in [0.717, 1.165) is 5.92 Å². The van der Waals surface area contributed by atoms with Gasteiger partial charge in [0.1, 0.15) is 0 Å². The highest BCUT2D eigenvalue weighted by molar-refractivity contribution is 4.83. The number of nitrogens with one attached hydrogen (secondary N) is 1. The fourth-order valence-electron chi connectivity index (χ4n) is 2.62. The first-order chi connectivity index (χ1) is 8.38. The predicted octanol–water partition coefficient (Wildman–Crippen LogP) is 1.65. The van der Waals surface area contributed by atoms with Crippen molar-refractivity contribution in [2.24, 2.45) is 5.92 Å². The summed E-state index contributed by atoms with van der Waals surface area (Å²) >= 11 is 0. The Kier molecular flexibility index (Phi) is 7.82. The van der Waals surface area contributed by atoms with Crippen LogP contribution in [-0.2, 0) is 0 Å². The molecule has 0 amide bonds. The van der Waals surface area contributed by atoms with E-state index in [-0.39, 0.29) is 0 Å². The normalized spacial score (nSPS) is 22.8. The summed E-state index contributed by atoms with van der Waals surface area (Å²) in [6.07, 6.45) is 2.71. The minimum atomic E-state index is 0.958. The molecule has 2 aliphatic rings.